The lowest BCUT2D eigenvalue weighted by molar-refractivity contribution is 0.0696. The molecule has 0 aromatic carbocycles. The maximum atomic E-state index is 10.8. The predicted molar refractivity (Wildman–Crippen MR) is 55.0 cm³/mol. The van der Waals surface area contributed by atoms with Crippen molar-refractivity contribution < 1.29 is 9.90 Å². The van der Waals surface area contributed by atoms with Crippen molar-refractivity contribution >= 4 is 17.7 Å². The molecular formula is C10H11NO2S. The third-order valence-corrected chi connectivity index (χ3v) is 2.90. The van der Waals surface area contributed by atoms with Gasteiger partial charge in [0.15, 0.2) is 0 Å². The van der Waals surface area contributed by atoms with Gasteiger partial charge in [0.1, 0.15) is 0 Å². The summed E-state index contributed by atoms with van der Waals surface area (Å²) >= 11 is 1.49. The molecule has 74 valence electrons. The zero-order valence-corrected chi connectivity index (χ0v) is 8.67. The molecule has 0 amide bonds. The van der Waals surface area contributed by atoms with Gasteiger partial charge in [-0.1, -0.05) is 0 Å². The number of carboxylic acid groups (broad SMARTS) is 1. The van der Waals surface area contributed by atoms with Crippen LogP contribution in [0.5, 0.6) is 0 Å². The van der Waals surface area contributed by atoms with Crippen LogP contribution < -0.4 is 0 Å². The Kier molecular flexibility index (Phi) is 2.46. The summed E-state index contributed by atoms with van der Waals surface area (Å²) in [5.74, 6) is -0.371. The third kappa shape index (κ3) is 1.90. The Labute approximate surface area is 86.5 Å². The molecule has 1 aromatic rings. The smallest absolute Gasteiger partial charge is 0.335 e. The normalized spacial score (nSPS) is 15.5. The number of rotatable bonds is 3. The summed E-state index contributed by atoms with van der Waals surface area (Å²) in [5.41, 5.74) is 1.29. The van der Waals surface area contributed by atoms with Gasteiger partial charge in [-0.05, 0) is 31.2 Å². The molecule has 1 saturated carbocycles. The largest absolute Gasteiger partial charge is 0.478 e. The van der Waals surface area contributed by atoms with Crippen molar-refractivity contribution in [1.82, 2.24) is 4.98 Å². The van der Waals surface area contributed by atoms with E-state index in [0.29, 0.717) is 11.5 Å². The molecule has 1 fully saturated rings. The first-order valence-corrected chi connectivity index (χ1v) is 5.72. The number of pyridine rings is 1. The molecule has 1 heterocycles. The van der Waals surface area contributed by atoms with Gasteiger partial charge >= 0.3 is 5.97 Å². The molecule has 0 bridgehead atoms. The van der Waals surface area contributed by atoms with E-state index in [4.69, 9.17) is 5.11 Å². The van der Waals surface area contributed by atoms with Crippen molar-refractivity contribution in [2.24, 2.45) is 0 Å². The Morgan fingerprint density at radius 2 is 2.29 bits per heavy atom. The molecule has 3 nitrogen and oxygen atoms in total. The highest BCUT2D eigenvalue weighted by atomic mass is 32.2. The summed E-state index contributed by atoms with van der Waals surface area (Å²) in [4.78, 5) is 15.2. The van der Waals surface area contributed by atoms with Crippen LogP contribution in [-0.2, 0) is 0 Å². The number of nitrogens with zero attached hydrogens (tertiary/aromatic N) is 1. The molecule has 0 spiro atoms. The van der Waals surface area contributed by atoms with Crippen molar-refractivity contribution in [2.75, 3.05) is 6.26 Å². The first kappa shape index (κ1) is 9.52. The van der Waals surface area contributed by atoms with Crippen LogP contribution in [0.15, 0.2) is 17.2 Å². The zero-order chi connectivity index (χ0) is 10.1. The number of hydrogen-bond acceptors (Lipinski definition) is 3. The third-order valence-electron chi connectivity index (χ3n) is 2.27. The molecule has 0 saturated heterocycles. The number of aromatic carboxylic acids is 1. The second kappa shape index (κ2) is 3.61. The first-order valence-electron chi connectivity index (χ1n) is 4.50. The molecule has 4 heteroatoms. The minimum atomic E-state index is -0.871. The highest BCUT2D eigenvalue weighted by molar-refractivity contribution is 7.98. The van der Waals surface area contributed by atoms with Crippen LogP contribution in [0.3, 0.4) is 0 Å². The Balaban J connectivity index is 2.40. The number of carbonyl (C=O) groups is 1. The molecule has 0 atom stereocenters. The molecule has 1 aromatic heterocycles. The number of carboxylic acids is 1. The monoisotopic (exact) mass is 209 g/mol. The van der Waals surface area contributed by atoms with Crippen LogP contribution in [0.25, 0.3) is 0 Å². The SMILES string of the molecule is CSc1cc(C(=O)O)cc(C2CC2)n1. The predicted octanol–water partition coefficient (Wildman–Crippen LogP) is 2.38. The number of aromatic nitrogens is 1. The molecule has 0 aliphatic heterocycles. The van der Waals surface area contributed by atoms with Crippen LogP contribution in [0.2, 0.25) is 0 Å². The second-order valence-corrected chi connectivity index (χ2v) is 4.23. The van der Waals surface area contributed by atoms with Gasteiger partial charge in [-0.2, -0.15) is 0 Å². The topological polar surface area (TPSA) is 50.2 Å². The Morgan fingerprint density at radius 1 is 1.57 bits per heavy atom. The van der Waals surface area contributed by atoms with E-state index in [1.807, 2.05) is 6.26 Å². The van der Waals surface area contributed by atoms with E-state index in [1.54, 1.807) is 12.1 Å². The Bertz CT molecular complexity index is 374. The summed E-state index contributed by atoms with van der Waals surface area (Å²) in [6.45, 7) is 0. The van der Waals surface area contributed by atoms with E-state index in [2.05, 4.69) is 4.98 Å². The fourth-order valence-electron chi connectivity index (χ4n) is 1.34. The summed E-state index contributed by atoms with van der Waals surface area (Å²) in [5, 5.41) is 9.69. The lowest BCUT2D eigenvalue weighted by Gasteiger charge is -2.03. The van der Waals surface area contributed by atoms with Gasteiger partial charge in [0, 0.05) is 11.6 Å². The van der Waals surface area contributed by atoms with E-state index < -0.39 is 5.97 Å². The summed E-state index contributed by atoms with van der Waals surface area (Å²) in [6, 6.07) is 3.32. The minimum absolute atomic E-state index is 0.353. The lowest BCUT2D eigenvalue weighted by Crippen LogP contribution is -2.00. The number of thioether (sulfide) groups is 1. The molecule has 2 rings (SSSR count). The van der Waals surface area contributed by atoms with Crippen LogP contribution in [-0.4, -0.2) is 22.3 Å². The highest BCUT2D eigenvalue weighted by Gasteiger charge is 2.26. The molecule has 0 unspecified atom stereocenters. The average molecular weight is 209 g/mol. The standard InChI is InChI=1S/C10H11NO2S/c1-14-9-5-7(10(12)13)4-8(11-9)6-2-3-6/h4-6H,2-3H2,1H3,(H,12,13). The molecule has 0 radical (unpaired) electrons. The first-order chi connectivity index (χ1) is 6.70. The Hall–Kier alpha value is -1.03. The van der Waals surface area contributed by atoms with Crippen molar-refractivity contribution in [1.29, 1.82) is 0 Å². The van der Waals surface area contributed by atoms with E-state index in [9.17, 15) is 4.79 Å². The van der Waals surface area contributed by atoms with E-state index >= 15 is 0 Å². The van der Waals surface area contributed by atoms with E-state index in [0.717, 1.165) is 23.6 Å². The fraction of sp³-hybridized carbons (Fsp3) is 0.400. The number of hydrogen-bond donors (Lipinski definition) is 1. The van der Waals surface area contributed by atoms with Gasteiger partial charge in [0.2, 0.25) is 0 Å². The van der Waals surface area contributed by atoms with E-state index in [1.165, 1.54) is 11.8 Å². The van der Waals surface area contributed by atoms with Crippen molar-refractivity contribution in [3.05, 3.63) is 23.4 Å². The van der Waals surface area contributed by atoms with Crippen LogP contribution in [0, 0.1) is 0 Å². The van der Waals surface area contributed by atoms with Crippen LogP contribution in [0.1, 0.15) is 34.8 Å². The Morgan fingerprint density at radius 3 is 2.79 bits per heavy atom. The van der Waals surface area contributed by atoms with Gasteiger partial charge in [-0.25, -0.2) is 9.78 Å². The van der Waals surface area contributed by atoms with Crippen molar-refractivity contribution in [3.63, 3.8) is 0 Å². The van der Waals surface area contributed by atoms with Crippen molar-refractivity contribution in [3.8, 4) is 0 Å². The summed E-state index contributed by atoms with van der Waals surface area (Å²) in [7, 11) is 0. The quantitative estimate of drug-likeness (QED) is 0.776. The summed E-state index contributed by atoms with van der Waals surface area (Å²) in [6.07, 6.45) is 4.19. The molecular weight excluding hydrogens is 198 g/mol. The lowest BCUT2D eigenvalue weighted by atomic mass is 10.2. The minimum Gasteiger partial charge on any atom is -0.478 e. The van der Waals surface area contributed by atoms with Gasteiger partial charge in [0.05, 0.1) is 10.6 Å². The van der Waals surface area contributed by atoms with Gasteiger partial charge in [-0.15, -0.1) is 11.8 Å². The average Bonchev–Trinajstić information content (AvgIpc) is 3.00. The van der Waals surface area contributed by atoms with Crippen molar-refractivity contribution in [2.45, 2.75) is 23.8 Å². The summed E-state index contributed by atoms with van der Waals surface area (Å²) < 4.78 is 0. The highest BCUT2D eigenvalue weighted by Crippen LogP contribution is 2.39. The fourth-order valence-corrected chi connectivity index (χ4v) is 1.78. The maximum absolute atomic E-state index is 10.8. The zero-order valence-electron chi connectivity index (χ0n) is 7.86. The molecule has 1 N–H and O–H groups in total. The molecule has 14 heavy (non-hydrogen) atoms. The van der Waals surface area contributed by atoms with Crippen LogP contribution in [0.4, 0.5) is 0 Å². The molecule has 1 aliphatic carbocycles. The van der Waals surface area contributed by atoms with E-state index in [-0.39, 0.29) is 0 Å². The van der Waals surface area contributed by atoms with Gasteiger partial charge < -0.3 is 5.11 Å². The molecule has 1 aliphatic rings. The second-order valence-electron chi connectivity index (χ2n) is 3.40. The van der Waals surface area contributed by atoms with Gasteiger partial charge in [-0.3, -0.25) is 0 Å². The van der Waals surface area contributed by atoms with Gasteiger partial charge in [0.25, 0.3) is 0 Å². The maximum Gasteiger partial charge on any atom is 0.335 e. The van der Waals surface area contributed by atoms with Crippen LogP contribution >= 0.6 is 11.8 Å².